The van der Waals surface area contributed by atoms with Crippen molar-refractivity contribution in [3.05, 3.63) is 0 Å². The van der Waals surface area contributed by atoms with Crippen LogP contribution in [0.4, 0.5) is 0 Å². The van der Waals surface area contributed by atoms with Crippen molar-refractivity contribution in [1.82, 2.24) is 5.32 Å². The molecule has 1 aliphatic rings. The smallest absolute Gasteiger partial charge is 0.0540 e. The highest BCUT2D eigenvalue weighted by atomic mass is 16.3. The van der Waals surface area contributed by atoms with Crippen LogP contribution in [0, 0.1) is 5.41 Å². The summed E-state index contributed by atoms with van der Waals surface area (Å²) in [6.45, 7) is 6.81. The Balaban J connectivity index is 2.35. The van der Waals surface area contributed by atoms with Gasteiger partial charge in [-0.05, 0) is 50.5 Å². The van der Waals surface area contributed by atoms with Crippen molar-refractivity contribution < 1.29 is 5.11 Å². The van der Waals surface area contributed by atoms with E-state index in [1.165, 1.54) is 57.9 Å². The molecule has 108 valence electrons. The van der Waals surface area contributed by atoms with Crippen molar-refractivity contribution in [3.8, 4) is 0 Å². The molecule has 1 aliphatic carbocycles. The summed E-state index contributed by atoms with van der Waals surface area (Å²) in [6, 6.07) is 0. The Bertz CT molecular complexity index is 197. The molecule has 0 spiro atoms. The summed E-state index contributed by atoms with van der Waals surface area (Å²) in [7, 11) is 0. The van der Waals surface area contributed by atoms with E-state index in [2.05, 4.69) is 19.2 Å². The van der Waals surface area contributed by atoms with Crippen LogP contribution in [0.3, 0.4) is 0 Å². The fraction of sp³-hybridized carbons (Fsp3) is 1.00. The first-order valence-corrected chi connectivity index (χ1v) is 8.11. The molecule has 0 amide bonds. The van der Waals surface area contributed by atoms with Crippen molar-refractivity contribution in [2.45, 2.75) is 84.2 Å². The van der Waals surface area contributed by atoms with E-state index in [0.717, 1.165) is 19.4 Å². The molecule has 2 heteroatoms. The van der Waals surface area contributed by atoms with E-state index in [9.17, 15) is 5.11 Å². The highest BCUT2D eigenvalue weighted by molar-refractivity contribution is 4.87. The quantitative estimate of drug-likeness (QED) is 0.613. The molecular weight excluding hydrogens is 222 g/mol. The molecule has 1 fully saturated rings. The van der Waals surface area contributed by atoms with Gasteiger partial charge in [-0.25, -0.2) is 0 Å². The zero-order valence-electron chi connectivity index (χ0n) is 12.5. The van der Waals surface area contributed by atoms with Gasteiger partial charge in [-0.15, -0.1) is 0 Å². The monoisotopic (exact) mass is 255 g/mol. The number of hydrogen-bond donors (Lipinski definition) is 2. The Hall–Kier alpha value is -0.0800. The normalized spacial score (nSPS) is 28.5. The lowest BCUT2D eigenvalue weighted by molar-refractivity contribution is 0.0555. The lowest BCUT2D eigenvalue weighted by atomic mass is 9.70. The minimum absolute atomic E-state index is 0.0278. The molecule has 0 unspecified atom stereocenters. The second kappa shape index (κ2) is 8.92. The molecule has 18 heavy (non-hydrogen) atoms. The molecule has 1 saturated carbocycles. The molecule has 1 rings (SSSR count). The van der Waals surface area contributed by atoms with Crippen LogP contribution >= 0.6 is 0 Å². The van der Waals surface area contributed by atoms with Crippen LogP contribution in [0.1, 0.15) is 78.1 Å². The van der Waals surface area contributed by atoms with Gasteiger partial charge >= 0.3 is 0 Å². The Morgan fingerprint density at radius 1 is 1.06 bits per heavy atom. The Morgan fingerprint density at radius 2 is 1.78 bits per heavy atom. The fourth-order valence-electron chi connectivity index (χ4n) is 3.19. The number of unbranched alkanes of at least 4 members (excludes halogenated alkanes) is 3. The third-order valence-corrected chi connectivity index (χ3v) is 4.50. The molecule has 0 saturated heterocycles. The summed E-state index contributed by atoms with van der Waals surface area (Å²) < 4.78 is 0. The van der Waals surface area contributed by atoms with E-state index in [1.54, 1.807) is 0 Å². The third kappa shape index (κ3) is 5.71. The van der Waals surface area contributed by atoms with Crippen LogP contribution in [0.2, 0.25) is 0 Å². The average Bonchev–Trinajstić information content (AvgIpc) is 2.39. The SMILES string of the molecule is CCCCCCC1(CNCCC)CCC(O)CC1. The molecule has 0 aromatic heterocycles. The summed E-state index contributed by atoms with van der Waals surface area (Å²) >= 11 is 0. The van der Waals surface area contributed by atoms with E-state index in [0.29, 0.717) is 5.41 Å². The van der Waals surface area contributed by atoms with Crippen molar-refractivity contribution in [2.75, 3.05) is 13.1 Å². The van der Waals surface area contributed by atoms with Gasteiger partial charge in [-0.2, -0.15) is 0 Å². The van der Waals surface area contributed by atoms with Gasteiger partial charge in [0.25, 0.3) is 0 Å². The predicted molar refractivity (Wildman–Crippen MR) is 78.8 cm³/mol. The fourth-order valence-corrected chi connectivity index (χ4v) is 3.19. The molecule has 0 aliphatic heterocycles. The molecule has 0 aromatic carbocycles. The Morgan fingerprint density at radius 3 is 2.39 bits per heavy atom. The summed E-state index contributed by atoms with van der Waals surface area (Å²) in [4.78, 5) is 0. The van der Waals surface area contributed by atoms with Gasteiger partial charge in [-0.3, -0.25) is 0 Å². The molecule has 2 N–H and O–H groups in total. The van der Waals surface area contributed by atoms with Gasteiger partial charge in [0.05, 0.1) is 6.10 Å². The molecular formula is C16H33NO. The standard InChI is InChI=1S/C16H33NO/c1-3-5-6-7-10-16(14-17-13-4-2)11-8-15(18)9-12-16/h15,17-18H,3-14H2,1-2H3. The number of rotatable bonds is 9. The lowest BCUT2D eigenvalue weighted by Crippen LogP contribution is -2.39. The molecule has 0 bridgehead atoms. The van der Waals surface area contributed by atoms with E-state index < -0.39 is 0 Å². The maximum Gasteiger partial charge on any atom is 0.0540 e. The van der Waals surface area contributed by atoms with Crippen LogP contribution in [-0.4, -0.2) is 24.3 Å². The van der Waals surface area contributed by atoms with Crippen LogP contribution in [-0.2, 0) is 0 Å². The van der Waals surface area contributed by atoms with Crippen LogP contribution < -0.4 is 5.32 Å². The number of aliphatic hydroxyl groups excluding tert-OH is 1. The average molecular weight is 255 g/mol. The zero-order chi connectivity index (χ0) is 13.3. The van der Waals surface area contributed by atoms with Crippen molar-refractivity contribution in [2.24, 2.45) is 5.41 Å². The second-order valence-corrected chi connectivity index (χ2v) is 6.22. The molecule has 0 heterocycles. The summed E-state index contributed by atoms with van der Waals surface area (Å²) in [6.07, 6.45) is 12.5. The second-order valence-electron chi connectivity index (χ2n) is 6.22. The topological polar surface area (TPSA) is 32.3 Å². The van der Waals surface area contributed by atoms with Crippen molar-refractivity contribution >= 4 is 0 Å². The first kappa shape index (κ1) is 16.0. The summed E-state index contributed by atoms with van der Waals surface area (Å²) in [5.74, 6) is 0. The van der Waals surface area contributed by atoms with Crippen molar-refractivity contribution in [3.63, 3.8) is 0 Å². The van der Waals surface area contributed by atoms with Gasteiger partial charge in [0.1, 0.15) is 0 Å². The number of aliphatic hydroxyl groups is 1. The van der Waals surface area contributed by atoms with Gasteiger partial charge in [0.15, 0.2) is 0 Å². The Kier molecular flexibility index (Phi) is 7.92. The highest BCUT2D eigenvalue weighted by Crippen LogP contribution is 2.40. The Labute approximate surface area is 114 Å². The van der Waals surface area contributed by atoms with Gasteiger partial charge in [0.2, 0.25) is 0 Å². The van der Waals surface area contributed by atoms with Gasteiger partial charge in [0, 0.05) is 6.54 Å². The number of hydrogen-bond acceptors (Lipinski definition) is 2. The van der Waals surface area contributed by atoms with Crippen LogP contribution in [0.25, 0.3) is 0 Å². The zero-order valence-corrected chi connectivity index (χ0v) is 12.5. The minimum atomic E-state index is -0.0278. The van der Waals surface area contributed by atoms with Crippen LogP contribution in [0.5, 0.6) is 0 Å². The summed E-state index contributed by atoms with van der Waals surface area (Å²) in [5.41, 5.74) is 0.488. The van der Waals surface area contributed by atoms with E-state index >= 15 is 0 Å². The molecule has 0 atom stereocenters. The van der Waals surface area contributed by atoms with E-state index in [-0.39, 0.29) is 6.10 Å². The number of nitrogens with one attached hydrogen (secondary N) is 1. The molecule has 0 radical (unpaired) electrons. The van der Waals surface area contributed by atoms with Crippen molar-refractivity contribution in [1.29, 1.82) is 0 Å². The first-order chi connectivity index (χ1) is 8.72. The van der Waals surface area contributed by atoms with E-state index in [4.69, 9.17) is 0 Å². The maximum atomic E-state index is 9.70. The lowest BCUT2D eigenvalue weighted by Gasteiger charge is -2.39. The third-order valence-electron chi connectivity index (χ3n) is 4.50. The molecule has 0 aromatic rings. The highest BCUT2D eigenvalue weighted by Gasteiger charge is 2.33. The first-order valence-electron chi connectivity index (χ1n) is 8.11. The predicted octanol–water partition coefficient (Wildman–Crippen LogP) is 3.88. The maximum absolute atomic E-state index is 9.70. The summed E-state index contributed by atoms with van der Waals surface area (Å²) in [5, 5.41) is 13.3. The minimum Gasteiger partial charge on any atom is -0.393 e. The molecule has 2 nitrogen and oxygen atoms in total. The van der Waals surface area contributed by atoms with Gasteiger partial charge < -0.3 is 10.4 Å². The van der Waals surface area contributed by atoms with Crippen LogP contribution in [0.15, 0.2) is 0 Å². The van der Waals surface area contributed by atoms with Gasteiger partial charge in [-0.1, -0.05) is 39.5 Å². The van der Waals surface area contributed by atoms with E-state index in [1.807, 2.05) is 0 Å². The largest absolute Gasteiger partial charge is 0.393 e.